The van der Waals surface area contributed by atoms with Crippen LogP contribution in [0, 0.1) is 0 Å². The predicted octanol–water partition coefficient (Wildman–Crippen LogP) is 4.71. The van der Waals surface area contributed by atoms with Gasteiger partial charge in [-0.25, -0.2) is 0 Å². The lowest BCUT2D eigenvalue weighted by Crippen LogP contribution is -2.14. The van der Waals surface area contributed by atoms with Crippen molar-refractivity contribution < 1.29 is 4.74 Å². The van der Waals surface area contributed by atoms with E-state index < -0.39 is 0 Å². The van der Waals surface area contributed by atoms with Gasteiger partial charge in [-0.3, -0.25) is 0 Å². The van der Waals surface area contributed by atoms with E-state index in [9.17, 15) is 0 Å². The first-order valence-corrected chi connectivity index (χ1v) is 7.31. The highest BCUT2D eigenvalue weighted by atomic mass is 16.5. The maximum Gasteiger partial charge on any atom is 0.130 e. The molecule has 2 nitrogen and oxygen atoms in total. The van der Waals surface area contributed by atoms with Crippen LogP contribution in [0.15, 0.2) is 48.5 Å². The van der Waals surface area contributed by atoms with E-state index in [0.29, 0.717) is 6.04 Å². The van der Waals surface area contributed by atoms with Crippen LogP contribution in [0.4, 0.5) is 0 Å². The molecule has 0 radical (unpaired) electrons. The zero-order chi connectivity index (χ0) is 14.4. The minimum Gasteiger partial charge on any atom is -0.457 e. The van der Waals surface area contributed by atoms with Crippen molar-refractivity contribution in [2.24, 2.45) is 0 Å². The quantitative estimate of drug-likeness (QED) is 0.820. The fourth-order valence-corrected chi connectivity index (χ4v) is 2.40. The van der Waals surface area contributed by atoms with Crippen LogP contribution in [0.5, 0.6) is 11.5 Å². The second-order valence-electron chi connectivity index (χ2n) is 4.88. The first-order valence-electron chi connectivity index (χ1n) is 7.31. The Labute approximate surface area is 121 Å². The average Bonchev–Trinajstić information content (AvgIpc) is 2.51. The molecule has 0 amide bonds. The summed E-state index contributed by atoms with van der Waals surface area (Å²) in [6.07, 6.45) is 2.06. The lowest BCUT2D eigenvalue weighted by molar-refractivity contribution is 0.476. The molecule has 0 bridgehead atoms. The van der Waals surface area contributed by atoms with Crippen LogP contribution in [0.3, 0.4) is 0 Å². The molecule has 2 aromatic carbocycles. The third kappa shape index (κ3) is 3.40. The van der Waals surface area contributed by atoms with Crippen molar-refractivity contribution in [2.45, 2.75) is 32.7 Å². The largest absolute Gasteiger partial charge is 0.457 e. The summed E-state index contributed by atoms with van der Waals surface area (Å²) in [5, 5.41) is 3.31. The lowest BCUT2D eigenvalue weighted by atomic mass is 10.0. The van der Waals surface area contributed by atoms with Gasteiger partial charge in [-0.05, 0) is 49.2 Å². The Morgan fingerprint density at radius 2 is 1.70 bits per heavy atom. The Bertz CT molecular complexity index is 529. The van der Waals surface area contributed by atoms with E-state index in [0.717, 1.165) is 24.3 Å². The van der Waals surface area contributed by atoms with Crippen molar-refractivity contribution in [3.8, 4) is 11.5 Å². The minimum absolute atomic E-state index is 0.409. The summed E-state index contributed by atoms with van der Waals surface area (Å²) >= 11 is 0. The lowest BCUT2D eigenvalue weighted by Gasteiger charge is -2.15. The summed E-state index contributed by atoms with van der Waals surface area (Å²) in [5.74, 6) is 1.84. The number of hydrogen-bond donors (Lipinski definition) is 1. The molecule has 2 aromatic rings. The van der Waals surface area contributed by atoms with Crippen LogP contribution < -0.4 is 10.1 Å². The molecule has 20 heavy (non-hydrogen) atoms. The fraction of sp³-hybridized carbons (Fsp3) is 0.333. The Balaban J connectivity index is 2.14. The van der Waals surface area contributed by atoms with Crippen LogP contribution in [0.1, 0.15) is 37.4 Å². The van der Waals surface area contributed by atoms with Crippen molar-refractivity contribution in [3.05, 3.63) is 59.7 Å². The van der Waals surface area contributed by atoms with E-state index in [1.807, 2.05) is 37.4 Å². The third-order valence-electron chi connectivity index (χ3n) is 3.62. The molecule has 106 valence electrons. The van der Waals surface area contributed by atoms with Crippen molar-refractivity contribution in [1.82, 2.24) is 5.32 Å². The Morgan fingerprint density at radius 1 is 1.00 bits per heavy atom. The van der Waals surface area contributed by atoms with E-state index in [1.165, 1.54) is 11.1 Å². The topological polar surface area (TPSA) is 21.3 Å². The van der Waals surface area contributed by atoms with Gasteiger partial charge in [-0.15, -0.1) is 0 Å². The monoisotopic (exact) mass is 269 g/mol. The van der Waals surface area contributed by atoms with E-state index in [2.05, 4.69) is 37.4 Å². The molecule has 0 aliphatic heterocycles. The third-order valence-corrected chi connectivity index (χ3v) is 3.62. The number of aryl methyl sites for hydroxylation is 1. The van der Waals surface area contributed by atoms with Crippen molar-refractivity contribution in [2.75, 3.05) is 7.05 Å². The molecule has 1 atom stereocenters. The van der Waals surface area contributed by atoms with Crippen LogP contribution in [-0.4, -0.2) is 7.05 Å². The van der Waals surface area contributed by atoms with Gasteiger partial charge in [0, 0.05) is 6.04 Å². The molecule has 1 unspecified atom stereocenters. The number of rotatable bonds is 6. The van der Waals surface area contributed by atoms with Crippen LogP contribution in [0.2, 0.25) is 0 Å². The zero-order valence-corrected chi connectivity index (χ0v) is 12.5. The summed E-state index contributed by atoms with van der Waals surface area (Å²) < 4.78 is 5.98. The summed E-state index contributed by atoms with van der Waals surface area (Å²) in [5.41, 5.74) is 2.53. The molecule has 0 aliphatic rings. The van der Waals surface area contributed by atoms with Crippen molar-refractivity contribution >= 4 is 0 Å². The van der Waals surface area contributed by atoms with Gasteiger partial charge in [0.2, 0.25) is 0 Å². The van der Waals surface area contributed by atoms with E-state index in [-0.39, 0.29) is 0 Å². The molecule has 0 saturated heterocycles. The summed E-state index contributed by atoms with van der Waals surface area (Å²) in [6, 6.07) is 17.0. The normalized spacial score (nSPS) is 12.2. The summed E-state index contributed by atoms with van der Waals surface area (Å²) in [7, 11) is 2.00. The Morgan fingerprint density at radius 3 is 2.30 bits per heavy atom. The molecule has 0 spiro atoms. The van der Waals surface area contributed by atoms with Crippen molar-refractivity contribution in [3.63, 3.8) is 0 Å². The standard InChI is InChI=1S/C18H23NO/c1-4-14-8-6-7-9-18(14)20-16-12-10-15(11-13-16)17(5-2)19-3/h6-13,17,19H,4-5H2,1-3H3. The van der Waals surface area contributed by atoms with Gasteiger partial charge < -0.3 is 10.1 Å². The molecule has 0 aliphatic carbocycles. The molecule has 2 heteroatoms. The maximum absolute atomic E-state index is 5.98. The highest BCUT2D eigenvalue weighted by Crippen LogP contribution is 2.27. The Kier molecular flexibility index (Phi) is 5.19. The van der Waals surface area contributed by atoms with E-state index in [4.69, 9.17) is 4.74 Å². The number of nitrogens with one attached hydrogen (secondary N) is 1. The first-order chi connectivity index (χ1) is 9.78. The molecule has 1 N–H and O–H groups in total. The zero-order valence-electron chi connectivity index (χ0n) is 12.5. The molecule has 0 fully saturated rings. The Hall–Kier alpha value is -1.80. The smallest absolute Gasteiger partial charge is 0.130 e. The van der Waals surface area contributed by atoms with Crippen LogP contribution in [-0.2, 0) is 6.42 Å². The minimum atomic E-state index is 0.409. The van der Waals surface area contributed by atoms with E-state index >= 15 is 0 Å². The number of hydrogen-bond acceptors (Lipinski definition) is 2. The summed E-state index contributed by atoms with van der Waals surface area (Å²) in [4.78, 5) is 0. The van der Waals surface area contributed by atoms with Gasteiger partial charge >= 0.3 is 0 Å². The number of ether oxygens (including phenoxy) is 1. The van der Waals surface area contributed by atoms with Crippen molar-refractivity contribution in [1.29, 1.82) is 0 Å². The predicted molar refractivity (Wildman–Crippen MR) is 84.4 cm³/mol. The summed E-state index contributed by atoms with van der Waals surface area (Å²) in [6.45, 7) is 4.33. The second kappa shape index (κ2) is 7.11. The fourth-order valence-electron chi connectivity index (χ4n) is 2.40. The van der Waals surface area contributed by atoms with Crippen LogP contribution in [0.25, 0.3) is 0 Å². The molecule has 0 aromatic heterocycles. The molecule has 2 rings (SSSR count). The molecule has 0 saturated carbocycles. The van der Waals surface area contributed by atoms with Gasteiger partial charge in [0.05, 0.1) is 0 Å². The van der Waals surface area contributed by atoms with Gasteiger partial charge in [0.1, 0.15) is 11.5 Å². The number of para-hydroxylation sites is 1. The van der Waals surface area contributed by atoms with Gasteiger partial charge in [0.15, 0.2) is 0 Å². The van der Waals surface area contributed by atoms with Gasteiger partial charge in [-0.2, -0.15) is 0 Å². The highest BCUT2D eigenvalue weighted by molar-refractivity contribution is 5.38. The molecular weight excluding hydrogens is 246 g/mol. The molecule has 0 heterocycles. The second-order valence-corrected chi connectivity index (χ2v) is 4.88. The molecular formula is C18H23NO. The SMILES string of the molecule is CCc1ccccc1Oc1ccc(C(CC)NC)cc1. The first kappa shape index (κ1) is 14.6. The van der Waals surface area contributed by atoms with Crippen LogP contribution >= 0.6 is 0 Å². The van der Waals surface area contributed by atoms with Gasteiger partial charge in [0.25, 0.3) is 0 Å². The average molecular weight is 269 g/mol. The number of benzene rings is 2. The maximum atomic E-state index is 5.98. The van der Waals surface area contributed by atoms with Gasteiger partial charge in [-0.1, -0.05) is 44.2 Å². The highest BCUT2D eigenvalue weighted by Gasteiger charge is 2.07. The van der Waals surface area contributed by atoms with E-state index in [1.54, 1.807) is 0 Å².